The Morgan fingerprint density at radius 3 is 2.55 bits per heavy atom. The predicted octanol–water partition coefficient (Wildman–Crippen LogP) is 2.78. The second-order valence-corrected chi connectivity index (χ2v) is 9.49. The number of fused-ring (bicyclic) bond motifs is 1. The smallest absolute Gasteiger partial charge is 0.408 e. The summed E-state index contributed by atoms with van der Waals surface area (Å²) in [5.41, 5.74) is 0.276. The summed E-state index contributed by atoms with van der Waals surface area (Å²) in [5, 5.41) is 10.2. The Bertz CT molecular complexity index is 820. The molecule has 2 N–H and O–H groups in total. The molecular weight excluding hydrogens is 400 g/mol. The van der Waals surface area contributed by atoms with Crippen molar-refractivity contribution < 1.29 is 23.9 Å². The highest BCUT2D eigenvalue weighted by Gasteiger charge is 2.42. The molecule has 2 aliphatic carbocycles. The van der Waals surface area contributed by atoms with Crippen LogP contribution < -0.4 is 10.6 Å². The third kappa shape index (κ3) is 5.57. The van der Waals surface area contributed by atoms with E-state index in [0.29, 0.717) is 12.8 Å². The summed E-state index contributed by atoms with van der Waals surface area (Å²) in [5.74, 6) is -0.688. The van der Waals surface area contributed by atoms with Gasteiger partial charge in [-0.3, -0.25) is 9.48 Å². The summed E-state index contributed by atoms with van der Waals surface area (Å²) >= 11 is 0. The lowest BCUT2D eigenvalue weighted by Crippen LogP contribution is -2.56. The Balaban J connectivity index is 1.73. The quantitative estimate of drug-likeness (QED) is 0.690. The van der Waals surface area contributed by atoms with E-state index in [2.05, 4.69) is 15.7 Å². The molecule has 1 heterocycles. The van der Waals surface area contributed by atoms with Crippen LogP contribution in [0.3, 0.4) is 0 Å². The first-order valence-corrected chi connectivity index (χ1v) is 11.1. The lowest BCUT2D eigenvalue weighted by Gasteiger charge is -2.35. The lowest BCUT2D eigenvalue weighted by atomic mass is 9.81. The maximum absolute atomic E-state index is 12.9. The van der Waals surface area contributed by atoms with Crippen LogP contribution in [-0.4, -0.2) is 46.0 Å². The standard InChI is InChI=1S/C22H34N4O5/c1-21(2,3)31-20(29)24-16-10-8-9-15-13-23-26(18(15)16)14-17(27)25-22(19(28)30-4)11-6-5-7-12-22/h13,16H,5-12,14H2,1-4H3,(H,24,29)(H,25,27)/t16-/m1/s1. The first-order valence-electron chi connectivity index (χ1n) is 11.1. The van der Waals surface area contributed by atoms with Gasteiger partial charge in [-0.2, -0.15) is 5.10 Å². The number of nitrogens with zero attached hydrogens (tertiary/aromatic N) is 2. The number of alkyl carbamates (subject to hydrolysis) is 1. The van der Waals surface area contributed by atoms with Gasteiger partial charge in [0.2, 0.25) is 5.91 Å². The molecule has 1 fully saturated rings. The molecule has 2 aliphatic rings. The number of methoxy groups -OCH3 is 1. The van der Waals surface area contributed by atoms with Gasteiger partial charge < -0.3 is 20.1 Å². The van der Waals surface area contributed by atoms with Gasteiger partial charge in [0.05, 0.1) is 25.0 Å². The van der Waals surface area contributed by atoms with Crippen molar-refractivity contribution in [3.63, 3.8) is 0 Å². The summed E-state index contributed by atoms with van der Waals surface area (Å²) in [6.07, 6.45) is 7.69. The van der Waals surface area contributed by atoms with E-state index < -0.39 is 23.2 Å². The Labute approximate surface area is 183 Å². The van der Waals surface area contributed by atoms with Crippen molar-refractivity contribution in [2.45, 2.75) is 95.9 Å². The van der Waals surface area contributed by atoms with Crippen molar-refractivity contribution in [2.24, 2.45) is 0 Å². The number of esters is 1. The Kier molecular flexibility index (Phi) is 6.91. The molecule has 0 unspecified atom stereocenters. The van der Waals surface area contributed by atoms with Gasteiger partial charge >= 0.3 is 12.1 Å². The largest absolute Gasteiger partial charge is 0.467 e. The molecule has 0 aromatic carbocycles. The average molecular weight is 435 g/mol. The zero-order chi connectivity index (χ0) is 22.6. The SMILES string of the molecule is COC(=O)C1(NC(=O)Cn2ncc3c2[C@H](NC(=O)OC(C)(C)C)CCC3)CCCCC1. The molecule has 0 radical (unpaired) electrons. The fourth-order valence-electron chi connectivity index (χ4n) is 4.55. The van der Waals surface area contributed by atoms with E-state index in [1.165, 1.54) is 7.11 Å². The van der Waals surface area contributed by atoms with Crippen LogP contribution in [0.5, 0.6) is 0 Å². The van der Waals surface area contributed by atoms with Crippen LogP contribution in [0, 0.1) is 0 Å². The summed E-state index contributed by atoms with van der Waals surface area (Å²) in [4.78, 5) is 37.7. The molecule has 1 atom stereocenters. The van der Waals surface area contributed by atoms with E-state index >= 15 is 0 Å². The highest BCUT2D eigenvalue weighted by atomic mass is 16.6. The third-order valence-electron chi connectivity index (χ3n) is 5.88. The second-order valence-electron chi connectivity index (χ2n) is 9.49. The maximum atomic E-state index is 12.9. The van der Waals surface area contributed by atoms with E-state index in [1.54, 1.807) is 10.9 Å². The van der Waals surface area contributed by atoms with E-state index in [9.17, 15) is 14.4 Å². The number of aryl methyl sites for hydroxylation is 1. The zero-order valence-corrected chi connectivity index (χ0v) is 19.0. The van der Waals surface area contributed by atoms with Crippen LogP contribution in [0.2, 0.25) is 0 Å². The fraction of sp³-hybridized carbons (Fsp3) is 0.727. The normalized spacial score (nSPS) is 20.3. The number of amides is 2. The maximum Gasteiger partial charge on any atom is 0.408 e. The molecule has 0 aliphatic heterocycles. The van der Waals surface area contributed by atoms with E-state index in [-0.39, 0.29) is 18.5 Å². The molecule has 172 valence electrons. The number of ether oxygens (including phenoxy) is 2. The van der Waals surface area contributed by atoms with Crippen molar-refractivity contribution in [3.05, 3.63) is 17.5 Å². The van der Waals surface area contributed by atoms with Crippen molar-refractivity contribution >= 4 is 18.0 Å². The molecular formula is C22H34N4O5. The van der Waals surface area contributed by atoms with Gasteiger partial charge in [0.15, 0.2) is 0 Å². The second kappa shape index (κ2) is 9.28. The monoisotopic (exact) mass is 434 g/mol. The number of carbonyl (C=O) groups excluding carboxylic acids is 3. The molecule has 0 saturated heterocycles. The first kappa shape index (κ1) is 23.1. The summed E-state index contributed by atoms with van der Waals surface area (Å²) in [7, 11) is 1.35. The van der Waals surface area contributed by atoms with Crippen LogP contribution >= 0.6 is 0 Å². The van der Waals surface area contributed by atoms with Gasteiger partial charge in [-0.25, -0.2) is 9.59 Å². The van der Waals surface area contributed by atoms with Crippen LogP contribution in [0.1, 0.15) is 83.0 Å². The van der Waals surface area contributed by atoms with Crippen LogP contribution in [0.4, 0.5) is 4.79 Å². The molecule has 31 heavy (non-hydrogen) atoms. The minimum atomic E-state index is -0.967. The van der Waals surface area contributed by atoms with Gasteiger partial charge in [0.1, 0.15) is 17.7 Å². The third-order valence-corrected chi connectivity index (χ3v) is 5.88. The molecule has 9 nitrogen and oxygen atoms in total. The van der Waals surface area contributed by atoms with E-state index in [0.717, 1.165) is 49.8 Å². The van der Waals surface area contributed by atoms with Crippen LogP contribution in [0.25, 0.3) is 0 Å². The van der Waals surface area contributed by atoms with Crippen molar-refractivity contribution in [1.82, 2.24) is 20.4 Å². The lowest BCUT2D eigenvalue weighted by molar-refractivity contribution is -0.152. The first-order chi connectivity index (χ1) is 14.6. The predicted molar refractivity (Wildman–Crippen MR) is 113 cm³/mol. The van der Waals surface area contributed by atoms with Gasteiger partial charge in [-0.15, -0.1) is 0 Å². The minimum absolute atomic E-state index is 0.0272. The summed E-state index contributed by atoms with van der Waals surface area (Å²) in [6, 6.07) is -0.279. The average Bonchev–Trinajstić information content (AvgIpc) is 3.10. The van der Waals surface area contributed by atoms with Crippen LogP contribution in [-0.2, 0) is 32.0 Å². The highest BCUT2D eigenvalue weighted by Crippen LogP contribution is 2.31. The van der Waals surface area contributed by atoms with Crippen molar-refractivity contribution in [3.8, 4) is 0 Å². The minimum Gasteiger partial charge on any atom is -0.467 e. The number of hydrogen-bond acceptors (Lipinski definition) is 6. The molecule has 1 saturated carbocycles. The van der Waals surface area contributed by atoms with Crippen molar-refractivity contribution in [1.29, 1.82) is 0 Å². The van der Waals surface area contributed by atoms with Gasteiger partial charge in [0.25, 0.3) is 0 Å². The number of carbonyl (C=O) groups is 3. The molecule has 2 amide bonds. The number of nitrogens with one attached hydrogen (secondary N) is 2. The zero-order valence-electron chi connectivity index (χ0n) is 19.0. The summed E-state index contributed by atoms with van der Waals surface area (Å²) < 4.78 is 12.0. The summed E-state index contributed by atoms with van der Waals surface area (Å²) in [6.45, 7) is 5.42. The number of hydrogen-bond donors (Lipinski definition) is 2. The van der Waals surface area contributed by atoms with E-state index in [1.807, 2.05) is 20.8 Å². The van der Waals surface area contributed by atoms with Gasteiger partial charge in [-0.05, 0) is 58.4 Å². The van der Waals surface area contributed by atoms with Gasteiger partial charge in [-0.1, -0.05) is 19.3 Å². The molecule has 9 heteroatoms. The van der Waals surface area contributed by atoms with Gasteiger partial charge in [0, 0.05) is 0 Å². The molecule has 1 aromatic rings. The molecule has 0 bridgehead atoms. The Hall–Kier alpha value is -2.58. The fourth-order valence-corrected chi connectivity index (χ4v) is 4.55. The topological polar surface area (TPSA) is 112 Å². The van der Waals surface area contributed by atoms with Crippen LogP contribution in [0.15, 0.2) is 6.20 Å². The van der Waals surface area contributed by atoms with E-state index in [4.69, 9.17) is 9.47 Å². The molecule has 1 aromatic heterocycles. The highest BCUT2D eigenvalue weighted by molar-refractivity contribution is 5.88. The van der Waals surface area contributed by atoms with Crippen molar-refractivity contribution in [2.75, 3.05) is 7.11 Å². The Morgan fingerprint density at radius 2 is 1.90 bits per heavy atom. The molecule has 3 rings (SSSR count). The number of aromatic nitrogens is 2. The number of rotatable bonds is 5. The molecule has 0 spiro atoms. The Morgan fingerprint density at radius 1 is 1.19 bits per heavy atom.